The second kappa shape index (κ2) is 9.63. The van der Waals surface area contributed by atoms with Gasteiger partial charge in [-0.1, -0.05) is 35.4 Å². The molecule has 1 atom stereocenters. The van der Waals surface area contributed by atoms with Crippen molar-refractivity contribution in [3.63, 3.8) is 0 Å². The summed E-state index contributed by atoms with van der Waals surface area (Å²) in [6, 6.07) is 16.5. The quantitative estimate of drug-likeness (QED) is 0.424. The van der Waals surface area contributed by atoms with Gasteiger partial charge in [0, 0.05) is 11.4 Å². The lowest BCUT2D eigenvalue weighted by Crippen LogP contribution is -2.32. The van der Waals surface area contributed by atoms with Crippen molar-refractivity contribution in [3.8, 4) is 0 Å². The molecule has 0 aliphatic rings. The Labute approximate surface area is 194 Å². The van der Waals surface area contributed by atoms with Gasteiger partial charge in [0.05, 0.1) is 15.6 Å². The van der Waals surface area contributed by atoms with E-state index in [0.717, 1.165) is 16.7 Å². The van der Waals surface area contributed by atoms with Gasteiger partial charge in [-0.3, -0.25) is 9.52 Å². The summed E-state index contributed by atoms with van der Waals surface area (Å²) in [5, 5.41) is 6.47. The number of halogens is 1. The van der Waals surface area contributed by atoms with Gasteiger partial charge in [0.1, 0.15) is 6.04 Å². The third-order valence-electron chi connectivity index (χ3n) is 4.92. The number of aryl methyl sites for hydroxylation is 3. The van der Waals surface area contributed by atoms with Crippen molar-refractivity contribution in [1.29, 1.82) is 0 Å². The van der Waals surface area contributed by atoms with E-state index in [-0.39, 0.29) is 10.8 Å². The number of sulfonamides is 1. The van der Waals surface area contributed by atoms with Crippen LogP contribution in [0.15, 0.2) is 65.6 Å². The van der Waals surface area contributed by atoms with Gasteiger partial charge in [-0.2, -0.15) is 0 Å². The van der Waals surface area contributed by atoms with Gasteiger partial charge < -0.3 is 10.6 Å². The fourth-order valence-corrected chi connectivity index (χ4v) is 4.61. The number of hydrogen-bond acceptors (Lipinski definition) is 4. The van der Waals surface area contributed by atoms with Gasteiger partial charge in [0.2, 0.25) is 5.91 Å². The number of carbonyl (C=O) groups excluding carboxylic acids is 1. The van der Waals surface area contributed by atoms with Gasteiger partial charge in [0.25, 0.3) is 10.0 Å². The molecule has 32 heavy (non-hydrogen) atoms. The molecule has 3 N–H and O–H groups in total. The zero-order chi connectivity index (χ0) is 23.5. The van der Waals surface area contributed by atoms with E-state index in [0.29, 0.717) is 22.1 Å². The molecule has 0 aromatic heterocycles. The van der Waals surface area contributed by atoms with Gasteiger partial charge in [0.15, 0.2) is 0 Å². The fraction of sp³-hybridized carbons (Fsp3) is 0.208. The predicted octanol–water partition coefficient (Wildman–Crippen LogP) is 5.51. The van der Waals surface area contributed by atoms with Crippen LogP contribution < -0.4 is 15.4 Å². The highest BCUT2D eigenvalue weighted by Gasteiger charge is 2.17. The van der Waals surface area contributed by atoms with Gasteiger partial charge in [-0.25, -0.2) is 8.42 Å². The molecule has 0 spiro atoms. The number of benzene rings is 3. The van der Waals surface area contributed by atoms with E-state index in [1.807, 2.05) is 26.8 Å². The van der Waals surface area contributed by atoms with Crippen LogP contribution in [0, 0.1) is 20.8 Å². The van der Waals surface area contributed by atoms with Crippen molar-refractivity contribution >= 4 is 44.6 Å². The Balaban J connectivity index is 1.64. The minimum atomic E-state index is -3.67. The third-order valence-corrected chi connectivity index (χ3v) is 6.62. The second-order valence-electron chi connectivity index (χ2n) is 7.79. The number of carbonyl (C=O) groups is 1. The van der Waals surface area contributed by atoms with Crippen molar-refractivity contribution in [2.24, 2.45) is 0 Å². The van der Waals surface area contributed by atoms with E-state index in [1.54, 1.807) is 61.5 Å². The zero-order valence-electron chi connectivity index (χ0n) is 18.4. The van der Waals surface area contributed by atoms with Gasteiger partial charge in [-0.05, 0) is 81.3 Å². The molecule has 1 unspecified atom stereocenters. The lowest BCUT2D eigenvalue weighted by atomic mass is 10.1. The van der Waals surface area contributed by atoms with E-state index in [2.05, 4.69) is 15.4 Å². The second-order valence-corrected chi connectivity index (χ2v) is 9.88. The first-order chi connectivity index (χ1) is 15.0. The molecule has 0 saturated heterocycles. The van der Waals surface area contributed by atoms with E-state index in [1.165, 1.54) is 0 Å². The van der Waals surface area contributed by atoms with E-state index in [9.17, 15) is 13.2 Å². The average Bonchev–Trinajstić information content (AvgIpc) is 2.72. The molecule has 8 heteroatoms. The van der Waals surface area contributed by atoms with Crippen LogP contribution >= 0.6 is 11.6 Å². The molecular weight excluding hydrogens is 446 g/mol. The van der Waals surface area contributed by atoms with Crippen LogP contribution in [0.3, 0.4) is 0 Å². The molecule has 3 rings (SSSR count). The summed E-state index contributed by atoms with van der Waals surface area (Å²) in [4.78, 5) is 12.8. The molecule has 0 heterocycles. The maximum atomic E-state index is 12.6. The Hall–Kier alpha value is -3.03. The first-order valence-electron chi connectivity index (χ1n) is 10.1. The first kappa shape index (κ1) is 23.6. The van der Waals surface area contributed by atoms with Gasteiger partial charge >= 0.3 is 0 Å². The van der Waals surface area contributed by atoms with Crippen LogP contribution in [-0.4, -0.2) is 20.4 Å². The molecule has 0 saturated carbocycles. The maximum absolute atomic E-state index is 12.6. The van der Waals surface area contributed by atoms with E-state index in [4.69, 9.17) is 11.6 Å². The van der Waals surface area contributed by atoms with E-state index < -0.39 is 16.1 Å². The molecule has 0 aliphatic heterocycles. The number of anilines is 3. The summed E-state index contributed by atoms with van der Waals surface area (Å²) in [6.45, 7) is 7.47. The topological polar surface area (TPSA) is 87.3 Å². The number of hydrogen-bond donors (Lipinski definition) is 3. The Morgan fingerprint density at radius 3 is 2.06 bits per heavy atom. The van der Waals surface area contributed by atoms with Crippen molar-refractivity contribution in [2.45, 2.75) is 38.6 Å². The summed E-state index contributed by atoms with van der Waals surface area (Å²) in [7, 11) is -3.67. The third kappa shape index (κ3) is 5.81. The molecule has 168 valence electrons. The van der Waals surface area contributed by atoms with Crippen molar-refractivity contribution < 1.29 is 13.2 Å². The lowest BCUT2D eigenvalue weighted by molar-refractivity contribution is -0.116. The summed E-state index contributed by atoms with van der Waals surface area (Å²) in [5.74, 6) is -0.233. The summed E-state index contributed by atoms with van der Waals surface area (Å²) in [6.07, 6.45) is 0. The maximum Gasteiger partial charge on any atom is 0.261 e. The monoisotopic (exact) mass is 471 g/mol. The highest BCUT2D eigenvalue weighted by Crippen LogP contribution is 2.27. The molecule has 0 fully saturated rings. The van der Waals surface area contributed by atoms with Crippen molar-refractivity contribution in [3.05, 3.63) is 82.4 Å². The number of amides is 1. The molecule has 6 nitrogen and oxygen atoms in total. The van der Waals surface area contributed by atoms with Gasteiger partial charge in [-0.15, -0.1) is 0 Å². The van der Waals surface area contributed by atoms with E-state index >= 15 is 0 Å². The smallest absolute Gasteiger partial charge is 0.261 e. The SMILES string of the molecule is Cc1ccc(S(=O)(=O)Nc2ccc(NC(C)C(=O)Nc3c(C)cc(C)cc3Cl)cc2)cc1. The fourth-order valence-electron chi connectivity index (χ4n) is 3.19. The zero-order valence-corrected chi connectivity index (χ0v) is 19.9. The molecule has 3 aromatic rings. The van der Waals surface area contributed by atoms with Crippen LogP contribution in [0.5, 0.6) is 0 Å². The number of nitrogens with one attached hydrogen (secondary N) is 3. The van der Waals surface area contributed by atoms with Crippen molar-refractivity contribution in [1.82, 2.24) is 0 Å². The standard InChI is InChI=1S/C24H26ClN3O3S/c1-15-5-11-21(12-6-15)32(30,31)28-20-9-7-19(8-10-20)26-18(4)24(29)27-23-17(3)13-16(2)14-22(23)25/h5-14,18,26,28H,1-4H3,(H,27,29). The molecular formula is C24H26ClN3O3S. The highest BCUT2D eigenvalue weighted by molar-refractivity contribution is 7.92. The number of rotatable bonds is 7. The Morgan fingerprint density at radius 1 is 0.875 bits per heavy atom. The lowest BCUT2D eigenvalue weighted by Gasteiger charge is -2.18. The minimum absolute atomic E-state index is 0.195. The Morgan fingerprint density at radius 2 is 1.47 bits per heavy atom. The van der Waals surface area contributed by atoms with Crippen LogP contribution in [0.25, 0.3) is 0 Å². The largest absolute Gasteiger partial charge is 0.374 e. The van der Waals surface area contributed by atoms with Crippen LogP contribution in [0.4, 0.5) is 17.1 Å². The Kier molecular flexibility index (Phi) is 7.11. The summed E-state index contributed by atoms with van der Waals surface area (Å²) >= 11 is 6.27. The highest BCUT2D eigenvalue weighted by atomic mass is 35.5. The Bertz CT molecular complexity index is 1200. The van der Waals surface area contributed by atoms with Crippen molar-refractivity contribution in [2.75, 3.05) is 15.4 Å². The molecule has 1 amide bonds. The van der Waals surface area contributed by atoms with Crippen LogP contribution in [0.1, 0.15) is 23.6 Å². The summed E-state index contributed by atoms with van der Waals surface area (Å²) < 4.78 is 27.6. The van der Waals surface area contributed by atoms with Crippen LogP contribution in [0.2, 0.25) is 5.02 Å². The molecule has 0 radical (unpaired) electrons. The predicted molar refractivity (Wildman–Crippen MR) is 131 cm³/mol. The van der Waals surface area contributed by atoms with Crippen LogP contribution in [-0.2, 0) is 14.8 Å². The summed E-state index contributed by atoms with van der Waals surface area (Å²) in [5.41, 5.74) is 4.59. The first-order valence-corrected chi connectivity index (χ1v) is 11.9. The average molecular weight is 472 g/mol. The minimum Gasteiger partial charge on any atom is -0.374 e. The normalized spacial score (nSPS) is 12.2. The molecule has 0 bridgehead atoms. The molecule has 0 aliphatic carbocycles. The molecule has 3 aromatic carbocycles.